The predicted molar refractivity (Wildman–Crippen MR) is 52.2 cm³/mol. The van der Waals surface area contributed by atoms with E-state index < -0.39 is 0 Å². The molecular formula is C10H18ClN. The van der Waals surface area contributed by atoms with Gasteiger partial charge in [0.25, 0.3) is 0 Å². The van der Waals surface area contributed by atoms with Crippen molar-refractivity contribution < 1.29 is 0 Å². The van der Waals surface area contributed by atoms with Gasteiger partial charge in [0.2, 0.25) is 0 Å². The maximum absolute atomic E-state index is 6.33. The fraction of sp³-hybridized carbons (Fsp3) is 1.00. The van der Waals surface area contributed by atoms with Gasteiger partial charge in [-0.3, -0.25) is 0 Å². The average molecular weight is 188 g/mol. The van der Waals surface area contributed by atoms with Crippen molar-refractivity contribution in [3.63, 3.8) is 0 Å². The number of nitrogens with zero attached hydrogens (tertiary/aromatic N) is 1. The van der Waals surface area contributed by atoms with Crippen molar-refractivity contribution in [3.05, 3.63) is 0 Å². The lowest BCUT2D eigenvalue weighted by Crippen LogP contribution is -2.32. The molecule has 0 atom stereocenters. The Morgan fingerprint density at radius 1 is 0.750 bits per heavy atom. The fourth-order valence-electron chi connectivity index (χ4n) is 2.60. The molecular weight excluding hydrogens is 170 g/mol. The lowest BCUT2D eigenvalue weighted by molar-refractivity contribution is 0.265. The molecule has 0 aromatic heterocycles. The highest BCUT2D eigenvalue weighted by molar-refractivity contribution is 6.13. The van der Waals surface area contributed by atoms with E-state index in [1.165, 1.54) is 51.4 Å². The van der Waals surface area contributed by atoms with Gasteiger partial charge in [-0.1, -0.05) is 25.7 Å². The van der Waals surface area contributed by atoms with Crippen LogP contribution in [0.5, 0.6) is 0 Å². The molecule has 0 saturated heterocycles. The van der Waals surface area contributed by atoms with Crippen molar-refractivity contribution in [2.45, 2.75) is 63.5 Å². The smallest absolute Gasteiger partial charge is 0.0254 e. The SMILES string of the molecule is ClN(C1CCCC1)C1CCCC1. The first kappa shape index (κ1) is 8.83. The van der Waals surface area contributed by atoms with Gasteiger partial charge in [0.1, 0.15) is 0 Å². The van der Waals surface area contributed by atoms with Gasteiger partial charge in [-0.15, -0.1) is 0 Å². The zero-order chi connectivity index (χ0) is 8.39. The quantitative estimate of drug-likeness (QED) is 0.600. The third kappa shape index (κ3) is 1.77. The molecule has 70 valence electrons. The molecule has 2 fully saturated rings. The van der Waals surface area contributed by atoms with E-state index in [4.69, 9.17) is 11.8 Å². The molecule has 2 saturated carbocycles. The Balaban J connectivity index is 1.84. The molecule has 2 aliphatic rings. The first-order valence-electron chi connectivity index (χ1n) is 5.32. The minimum atomic E-state index is 0.703. The van der Waals surface area contributed by atoms with E-state index in [9.17, 15) is 0 Å². The third-order valence-electron chi connectivity index (χ3n) is 3.35. The number of hydrogen-bond donors (Lipinski definition) is 0. The molecule has 0 spiro atoms. The summed E-state index contributed by atoms with van der Waals surface area (Å²) in [6, 6.07) is 1.41. The number of rotatable bonds is 2. The van der Waals surface area contributed by atoms with E-state index >= 15 is 0 Å². The van der Waals surface area contributed by atoms with Gasteiger partial charge in [0.15, 0.2) is 0 Å². The average Bonchev–Trinajstić information content (AvgIpc) is 2.77. The Kier molecular flexibility index (Phi) is 2.92. The molecule has 0 radical (unpaired) electrons. The second kappa shape index (κ2) is 3.97. The highest BCUT2D eigenvalue weighted by Crippen LogP contribution is 2.32. The second-order valence-electron chi connectivity index (χ2n) is 4.22. The number of halogens is 1. The van der Waals surface area contributed by atoms with E-state index in [2.05, 4.69) is 4.42 Å². The van der Waals surface area contributed by atoms with Crippen LogP contribution >= 0.6 is 11.8 Å². The first-order chi connectivity index (χ1) is 5.88. The monoisotopic (exact) mass is 187 g/mol. The van der Waals surface area contributed by atoms with Crippen molar-refractivity contribution in [1.29, 1.82) is 0 Å². The standard InChI is InChI=1S/C10H18ClN/c11-12(9-5-1-2-6-9)10-7-3-4-8-10/h9-10H,1-8H2. The third-order valence-corrected chi connectivity index (χ3v) is 3.90. The molecule has 0 heterocycles. The molecule has 0 unspecified atom stereocenters. The maximum Gasteiger partial charge on any atom is 0.0254 e. The van der Waals surface area contributed by atoms with Gasteiger partial charge >= 0.3 is 0 Å². The molecule has 0 aliphatic heterocycles. The summed E-state index contributed by atoms with van der Waals surface area (Å²) in [7, 11) is 0. The molecule has 0 bridgehead atoms. The van der Waals surface area contributed by atoms with E-state index in [1.807, 2.05) is 0 Å². The van der Waals surface area contributed by atoms with Crippen LogP contribution in [0.1, 0.15) is 51.4 Å². The van der Waals surface area contributed by atoms with Gasteiger partial charge in [0, 0.05) is 12.1 Å². The van der Waals surface area contributed by atoms with E-state index in [1.54, 1.807) is 0 Å². The number of hydrogen-bond acceptors (Lipinski definition) is 1. The Labute approximate surface area is 80.2 Å². The van der Waals surface area contributed by atoms with Crippen LogP contribution in [0, 0.1) is 0 Å². The second-order valence-corrected chi connectivity index (χ2v) is 4.61. The first-order valence-corrected chi connectivity index (χ1v) is 5.66. The minimum Gasteiger partial charge on any atom is -0.214 e. The molecule has 0 amide bonds. The van der Waals surface area contributed by atoms with Crippen LogP contribution in [-0.2, 0) is 0 Å². The Morgan fingerprint density at radius 2 is 1.08 bits per heavy atom. The van der Waals surface area contributed by atoms with E-state index in [0.717, 1.165) is 0 Å². The van der Waals surface area contributed by atoms with E-state index in [-0.39, 0.29) is 0 Å². The predicted octanol–water partition coefficient (Wildman–Crippen LogP) is 3.33. The topological polar surface area (TPSA) is 3.24 Å². The highest BCUT2D eigenvalue weighted by atomic mass is 35.5. The Morgan fingerprint density at radius 3 is 1.42 bits per heavy atom. The minimum absolute atomic E-state index is 0.703. The molecule has 1 nitrogen and oxygen atoms in total. The van der Waals surface area contributed by atoms with Crippen LogP contribution in [0.25, 0.3) is 0 Å². The highest BCUT2D eigenvalue weighted by Gasteiger charge is 2.29. The fourth-order valence-corrected chi connectivity index (χ4v) is 2.99. The Bertz CT molecular complexity index is 121. The normalized spacial score (nSPS) is 27.5. The van der Waals surface area contributed by atoms with Crippen LogP contribution < -0.4 is 0 Å². The van der Waals surface area contributed by atoms with Gasteiger partial charge < -0.3 is 0 Å². The van der Waals surface area contributed by atoms with Crippen LogP contribution in [0.4, 0.5) is 0 Å². The van der Waals surface area contributed by atoms with Crippen molar-refractivity contribution in [2.75, 3.05) is 0 Å². The van der Waals surface area contributed by atoms with Crippen molar-refractivity contribution in [1.82, 2.24) is 4.42 Å². The maximum atomic E-state index is 6.33. The summed E-state index contributed by atoms with van der Waals surface area (Å²) >= 11 is 6.33. The zero-order valence-corrected chi connectivity index (χ0v) is 8.39. The van der Waals surface area contributed by atoms with Gasteiger partial charge in [-0.2, -0.15) is 0 Å². The van der Waals surface area contributed by atoms with Gasteiger partial charge in [-0.25, -0.2) is 4.42 Å². The molecule has 12 heavy (non-hydrogen) atoms. The molecule has 0 N–H and O–H groups in total. The summed E-state index contributed by atoms with van der Waals surface area (Å²) < 4.78 is 2.15. The van der Waals surface area contributed by atoms with Crippen LogP contribution in [0.2, 0.25) is 0 Å². The summed E-state index contributed by atoms with van der Waals surface area (Å²) in [6.07, 6.45) is 10.9. The van der Waals surface area contributed by atoms with Crippen LogP contribution in [-0.4, -0.2) is 16.5 Å². The largest absolute Gasteiger partial charge is 0.214 e. The molecule has 2 aliphatic carbocycles. The summed E-state index contributed by atoms with van der Waals surface area (Å²) in [5.74, 6) is 0. The summed E-state index contributed by atoms with van der Waals surface area (Å²) in [5, 5.41) is 0. The van der Waals surface area contributed by atoms with Crippen molar-refractivity contribution in [2.24, 2.45) is 0 Å². The summed E-state index contributed by atoms with van der Waals surface area (Å²) in [6.45, 7) is 0. The lowest BCUT2D eigenvalue weighted by atomic mass is 10.2. The zero-order valence-electron chi connectivity index (χ0n) is 7.64. The molecule has 0 aromatic carbocycles. The van der Waals surface area contributed by atoms with Crippen LogP contribution in [0.3, 0.4) is 0 Å². The molecule has 0 aromatic rings. The van der Waals surface area contributed by atoms with Gasteiger partial charge in [0.05, 0.1) is 0 Å². The van der Waals surface area contributed by atoms with Gasteiger partial charge in [-0.05, 0) is 37.5 Å². The van der Waals surface area contributed by atoms with Crippen molar-refractivity contribution in [3.8, 4) is 0 Å². The van der Waals surface area contributed by atoms with Crippen LogP contribution in [0.15, 0.2) is 0 Å². The summed E-state index contributed by atoms with van der Waals surface area (Å²) in [5.41, 5.74) is 0. The van der Waals surface area contributed by atoms with E-state index in [0.29, 0.717) is 12.1 Å². The lowest BCUT2D eigenvalue weighted by Gasteiger charge is -2.26. The molecule has 2 rings (SSSR count). The molecule has 2 heteroatoms. The van der Waals surface area contributed by atoms with Crippen molar-refractivity contribution >= 4 is 11.8 Å². The Hall–Kier alpha value is 0.250. The summed E-state index contributed by atoms with van der Waals surface area (Å²) in [4.78, 5) is 0.